The van der Waals surface area contributed by atoms with Gasteiger partial charge in [0.1, 0.15) is 5.56 Å². The van der Waals surface area contributed by atoms with E-state index in [0.29, 0.717) is 5.56 Å². The topological polar surface area (TPSA) is 43.1 Å². The van der Waals surface area contributed by atoms with Crippen LogP contribution < -0.4 is 0 Å². The van der Waals surface area contributed by atoms with Gasteiger partial charge in [0.2, 0.25) is 0 Å². The number of thioether (sulfide) groups is 1. The first-order chi connectivity index (χ1) is 10.6. The zero-order valence-electron chi connectivity index (χ0n) is 12.6. The summed E-state index contributed by atoms with van der Waals surface area (Å²) in [5, 5.41) is 11.1. The lowest BCUT2D eigenvalue weighted by Crippen LogP contribution is -1.92. The van der Waals surface area contributed by atoms with Gasteiger partial charge in [0.15, 0.2) is 0 Å². The van der Waals surface area contributed by atoms with Crippen LogP contribution in [0.4, 0.5) is 5.69 Å². The average Bonchev–Trinajstić information content (AvgIpc) is 2.52. The predicted molar refractivity (Wildman–Crippen MR) is 91.3 cm³/mol. The van der Waals surface area contributed by atoms with Crippen molar-refractivity contribution in [1.29, 1.82) is 0 Å². The molecule has 2 aromatic carbocycles. The Morgan fingerprint density at radius 2 is 1.86 bits per heavy atom. The van der Waals surface area contributed by atoms with Gasteiger partial charge >= 0.3 is 0 Å². The molecule has 0 bridgehead atoms. The van der Waals surface area contributed by atoms with Crippen molar-refractivity contribution < 1.29 is 4.92 Å². The van der Waals surface area contributed by atoms with E-state index in [1.807, 2.05) is 31.2 Å². The van der Waals surface area contributed by atoms with E-state index in [2.05, 4.69) is 18.8 Å². The van der Waals surface area contributed by atoms with E-state index in [4.69, 9.17) is 0 Å². The molecule has 0 aliphatic rings. The summed E-state index contributed by atoms with van der Waals surface area (Å²) in [5.41, 5.74) is 2.54. The Balaban J connectivity index is 2.34. The highest BCUT2D eigenvalue weighted by atomic mass is 32.2. The molecular weight excluding hydrogens is 294 g/mol. The zero-order valence-corrected chi connectivity index (χ0v) is 13.4. The van der Waals surface area contributed by atoms with Crippen molar-refractivity contribution in [3.63, 3.8) is 0 Å². The molecule has 0 N–H and O–H groups in total. The van der Waals surface area contributed by atoms with Gasteiger partial charge in [-0.1, -0.05) is 36.5 Å². The quantitative estimate of drug-likeness (QED) is 0.352. The molecule has 3 nitrogen and oxygen atoms in total. The fourth-order valence-electron chi connectivity index (χ4n) is 1.86. The van der Waals surface area contributed by atoms with Crippen LogP contribution >= 0.6 is 11.8 Å². The van der Waals surface area contributed by atoms with E-state index in [0.717, 1.165) is 28.2 Å². The van der Waals surface area contributed by atoms with Crippen molar-refractivity contribution in [3.05, 3.63) is 69.3 Å². The van der Waals surface area contributed by atoms with Gasteiger partial charge in [-0.2, -0.15) is 0 Å². The summed E-state index contributed by atoms with van der Waals surface area (Å²) in [7, 11) is 0. The standard InChI is InChI=1S/C18H17NO2S/c1-3-12-22-17-10-11-18(19(20)21)16(13-17)9-8-15-6-4-14(2)5-7-15/h4-7,10-11,13H,3,12H2,1-2H3. The van der Waals surface area contributed by atoms with Crippen molar-refractivity contribution in [3.8, 4) is 11.8 Å². The number of aryl methyl sites for hydroxylation is 1. The minimum Gasteiger partial charge on any atom is -0.258 e. The third kappa shape index (κ3) is 4.37. The molecule has 0 aliphatic heterocycles. The average molecular weight is 311 g/mol. The van der Waals surface area contributed by atoms with E-state index in [-0.39, 0.29) is 10.6 Å². The molecule has 4 heteroatoms. The molecule has 0 atom stereocenters. The van der Waals surface area contributed by atoms with Gasteiger partial charge in [0.05, 0.1) is 4.92 Å². The monoisotopic (exact) mass is 311 g/mol. The Morgan fingerprint density at radius 3 is 2.50 bits per heavy atom. The van der Waals surface area contributed by atoms with Crippen LogP contribution in [0.1, 0.15) is 30.0 Å². The fraction of sp³-hybridized carbons (Fsp3) is 0.222. The van der Waals surface area contributed by atoms with Gasteiger partial charge in [-0.3, -0.25) is 10.1 Å². The van der Waals surface area contributed by atoms with Crippen LogP contribution in [0.3, 0.4) is 0 Å². The SMILES string of the molecule is CCCSc1ccc([N+](=O)[O-])c(C#Cc2ccc(C)cc2)c1. The first-order valence-corrected chi connectivity index (χ1v) is 8.08. The lowest BCUT2D eigenvalue weighted by atomic mass is 10.1. The molecular formula is C18H17NO2S. The third-order valence-electron chi connectivity index (χ3n) is 3.03. The van der Waals surface area contributed by atoms with Crippen LogP contribution in [0.25, 0.3) is 0 Å². The molecule has 0 heterocycles. The highest BCUT2D eigenvalue weighted by Gasteiger charge is 2.12. The maximum atomic E-state index is 11.1. The summed E-state index contributed by atoms with van der Waals surface area (Å²) in [4.78, 5) is 11.8. The maximum Gasteiger partial charge on any atom is 0.285 e. The Morgan fingerprint density at radius 1 is 1.14 bits per heavy atom. The summed E-state index contributed by atoms with van der Waals surface area (Å²) >= 11 is 1.69. The molecule has 0 saturated heterocycles. The molecule has 0 unspecified atom stereocenters. The number of hydrogen-bond donors (Lipinski definition) is 0. The Labute approximate surface area is 134 Å². The fourth-order valence-corrected chi connectivity index (χ4v) is 2.67. The molecule has 112 valence electrons. The number of hydrogen-bond acceptors (Lipinski definition) is 3. The van der Waals surface area contributed by atoms with Crippen molar-refractivity contribution in [2.45, 2.75) is 25.2 Å². The van der Waals surface area contributed by atoms with E-state index in [9.17, 15) is 10.1 Å². The van der Waals surface area contributed by atoms with Crippen LogP contribution in [-0.2, 0) is 0 Å². The van der Waals surface area contributed by atoms with Crippen molar-refractivity contribution in [2.24, 2.45) is 0 Å². The number of rotatable bonds is 4. The Kier molecular flexibility index (Phi) is 5.62. The molecule has 0 spiro atoms. The smallest absolute Gasteiger partial charge is 0.258 e. The molecule has 0 radical (unpaired) electrons. The summed E-state index contributed by atoms with van der Waals surface area (Å²) in [6.07, 6.45) is 1.06. The van der Waals surface area contributed by atoms with Crippen molar-refractivity contribution in [2.75, 3.05) is 5.75 Å². The molecule has 0 fully saturated rings. The van der Waals surface area contributed by atoms with E-state index in [1.165, 1.54) is 6.07 Å². The van der Waals surface area contributed by atoms with Gasteiger partial charge in [-0.05, 0) is 43.4 Å². The molecule has 2 aromatic rings. The number of nitrogens with zero attached hydrogens (tertiary/aromatic N) is 1. The number of nitro groups is 1. The molecule has 0 aromatic heterocycles. The first kappa shape index (κ1) is 16.1. The second-order valence-corrected chi connectivity index (χ2v) is 6.07. The number of benzene rings is 2. The largest absolute Gasteiger partial charge is 0.285 e. The molecule has 2 rings (SSSR count). The van der Waals surface area contributed by atoms with Crippen LogP contribution in [0, 0.1) is 28.9 Å². The van der Waals surface area contributed by atoms with Gasteiger partial charge in [-0.25, -0.2) is 0 Å². The van der Waals surface area contributed by atoms with E-state index >= 15 is 0 Å². The van der Waals surface area contributed by atoms with Gasteiger partial charge < -0.3 is 0 Å². The second-order valence-electron chi connectivity index (χ2n) is 4.90. The first-order valence-electron chi connectivity index (χ1n) is 7.10. The normalized spacial score (nSPS) is 9.91. The highest BCUT2D eigenvalue weighted by Crippen LogP contribution is 2.26. The van der Waals surface area contributed by atoms with Gasteiger partial charge in [-0.15, -0.1) is 11.8 Å². The molecule has 0 saturated carbocycles. The maximum absolute atomic E-state index is 11.1. The van der Waals surface area contributed by atoms with Gasteiger partial charge in [0.25, 0.3) is 5.69 Å². The molecule has 0 aliphatic carbocycles. The zero-order chi connectivity index (χ0) is 15.9. The van der Waals surface area contributed by atoms with Crippen LogP contribution in [-0.4, -0.2) is 10.7 Å². The summed E-state index contributed by atoms with van der Waals surface area (Å²) in [5.74, 6) is 6.93. The van der Waals surface area contributed by atoms with Crippen molar-refractivity contribution >= 4 is 17.4 Å². The lowest BCUT2D eigenvalue weighted by molar-refractivity contribution is -0.385. The van der Waals surface area contributed by atoms with Crippen LogP contribution in [0.5, 0.6) is 0 Å². The van der Waals surface area contributed by atoms with E-state index in [1.54, 1.807) is 23.9 Å². The summed E-state index contributed by atoms with van der Waals surface area (Å²) in [6, 6.07) is 12.9. The van der Waals surface area contributed by atoms with Gasteiger partial charge in [0, 0.05) is 16.5 Å². The highest BCUT2D eigenvalue weighted by molar-refractivity contribution is 7.99. The summed E-state index contributed by atoms with van der Waals surface area (Å²) in [6.45, 7) is 4.12. The molecule has 22 heavy (non-hydrogen) atoms. The van der Waals surface area contributed by atoms with Crippen LogP contribution in [0.2, 0.25) is 0 Å². The third-order valence-corrected chi connectivity index (χ3v) is 4.23. The Hall–Kier alpha value is -2.25. The minimum absolute atomic E-state index is 0.0560. The second kappa shape index (κ2) is 7.67. The van der Waals surface area contributed by atoms with E-state index < -0.39 is 0 Å². The summed E-state index contributed by atoms with van der Waals surface area (Å²) < 4.78 is 0. The minimum atomic E-state index is -0.382. The lowest BCUT2D eigenvalue weighted by Gasteiger charge is -2.01. The number of nitro benzene ring substituents is 1. The Bertz CT molecular complexity index is 727. The van der Waals surface area contributed by atoms with Crippen molar-refractivity contribution in [1.82, 2.24) is 0 Å². The van der Waals surface area contributed by atoms with Crippen LogP contribution in [0.15, 0.2) is 47.4 Å². The molecule has 0 amide bonds. The predicted octanol–water partition coefficient (Wildman–Crippen LogP) is 4.81.